The number of hydrogen-bond donors (Lipinski definition) is 1. The number of rotatable bonds is 5. The molecule has 19 heavy (non-hydrogen) atoms. The SMILES string of the molecule is CNCc1cc(COc2ccc(F)c(C)c2)oc1C. The summed E-state index contributed by atoms with van der Waals surface area (Å²) in [5, 5.41) is 3.08. The van der Waals surface area contributed by atoms with Crippen LogP contribution in [-0.2, 0) is 13.2 Å². The second kappa shape index (κ2) is 5.89. The lowest BCUT2D eigenvalue weighted by Gasteiger charge is -2.05. The van der Waals surface area contributed by atoms with Crippen LogP contribution in [0.3, 0.4) is 0 Å². The average Bonchev–Trinajstić information content (AvgIpc) is 2.72. The van der Waals surface area contributed by atoms with Gasteiger partial charge in [-0.15, -0.1) is 0 Å². The lowest BCUT2D eigenvalue weighted by molar-refractivity contribution is 0.267. The Kier molecular flexibility index (Phi) is 4.22. The zero-order chi connectivity index (χ0) is 13.8. The molecule has 0 radical (unpaired) electrons. The van der Waals surface area contributed by atoms with Crippen LogP contribution in [0.1, 0.15) is 22.6 Å². The first-order chi connectivity index (χ1) is 9.10. The second-order valence-corrected chi connectivity index (χ2v) is 4.52. The third kappa shape index (κ3) is 3.35. The summed E-state index contributed by atoms with van der Waals surface area (Å²) in [5.41, 5.74) is 1.69. The van der Waals surface area contributed by atoms with Crippen molar-refractivity contribution in [2.45, 2.75) is 27.0 Å². The van der Waals surface area contributed by atoms with Gasteiger partial charge in [0.1, 0.15) is 29.7 Å². The first-order valence-electron chi connectivity index (χ1n) is 6.22. The monoisotopic (exact) mass is 263 g/mol. The van der Waals surface area contributed by atoms with Gasteiger partial charge >= 0.3 is 0 Å². The lowest BCUT2D eigenvalue weighted by Crippen LogP contribution is -2.04. The van der Waals surface area contributed by atoms with Crippen LogP contribution in [0.15, 0.2) is 28.7 Å². The first kappa shape index (κ1) is 13.6. The fourth-order valence-corrected chi connectivity index (χ4v) is 1.89. The maximum Gasteiger partial charge on any atom is 0.146 e. The molecule has 0 aliphatic heterocycles. The van der Waals surface area contributed by atoms with Crippen molar-refractivity contribution in [1.29, 1.82) is 0 Å². The molecule has 0 saturated heterocycles. The van der Waals surface area contributed by atoms with E-state index in [2.05, 4.69) is 5.32 Å². The van der Waals surface area contributed by atoms with E-state index < -0.39 is 0 Å². The Morgan fingerprint density at radius 3 is 2.74 bits per heavy atom. The molecular weight excluding hydrogens is 245 g/mol. The van der Waals surface area contributed by atoms with Gasteiger partial charge in [0, 0.05) is 12.1 Å². The molecule has 0 fully saturated rings. The van der Waals surface area contributed by atoms with Crippen LogP contribution >= 0.6 is 0 Å². The molecule has 0 atom stereocenters. The minimum absolute atomic E-state index is 0.225. The normalized spacial score (nSPS) is 10.7. The van der Waals surface area contributed by atoms with Crippen LogP contribution < -0.4 is 10.1 Å². The third-order valence-electron chi connectivity index (χ3n) is 2.95. The molecule has 1 N–H and O–H groups in total. The number of nitrogens with one attached hydrogen (secondary N) is 1. The standard InChI is InChI=1S/C15H18FNO2/c1-10-6-13(4-5-15(10)16)18-9-14-7-12(8-17-3)11(2)19-14/h4-7,17H,8-9H2,1-3H3. The van der Waals surface area contributed by atoms with Crippen LogP contribution in [0, 0.1) is 19.7 Å². The summed E-state index contributed by atoms with van der Waals surface area (Å²) in [7, 11) is 1.89. The van der Waals surface area contributed by atoms with Crippen molar-refractivity contribution in [3.63, 3.8) is 0 Å². The topological polar surface area (TPSA) is 34.4 Å². The van der Waals surface area contributed by atoms with Gasteiger partial charge in [0.05, 0.1) is 0 Å². The summed E-state index contributed by atoms with van der Waals surface area (Å²) in [6.45, 7) is 4.75. The van der Waals surface area contributed by atoms with Gasteiger partial charge in [-0.3, -0.25) is 0 Å². The highest BCUT2D eigenvalue weighted by Crippen LogP contribution is 2.19. The highest BCUT2D eigenvalue weighted by Gasteiger charge is 2.07. The molecule has 0 amide bonds. The number of ether oxygens (including phenoxy) is 1. The van der Waals surface area contributed by atoms with Gasteiger partial charge in [-0.05, 0) is 50.7 Å². The molecule has 0 saturated carbocycles. The minimum Gasteiger partial charge on any atom is -0.486 e. The van der Waals surface area contributed by atoms with E-state index in [1.807, 2.05) is 20.0 Å². The van der Waals surface area contributed by atoms with Crippen molar-refractivity contribution in [3.05, 3.63) is 52.7 Å². The smallest absolute Gasteiger partial charge is 0.146 e. The van der Waals surface area contributed by atoms with Crippen molar-refractivity contribution >= 4 is 0 Å². The lowest BCUT2D eigenvalue weighted by atomic mass is 10.2. The molecule has 0 spiro atoms. The summed E-state index contributed by atoms with van der Waals surface area (Å²) in [6, 6.07) is 6.68. The first-order valence-corrected chi connectivity index (χ1v) is 6.22. The average molecular weight is 263 g/mol. The summed E-state index contributed by atoms with van der Waals surface area (Å²) in [6.07, 6.45) is 0. The van der Waals surface area contributed by atoms with Crippen LogP contribution in [-0.4, -0.2) is 7.05 Å². The van der Waals surface area contributed by atoms with Crippen molar-refractivity contribution < 1.29 is 13.5 Å². The van der Waals surface area contributed by atoms with E-state index >= 15 is 0 Å². The molecule has 0 unspecified atom stereocenters. The molecule has 102 valence electrons. The molecule has 3 nitrogen and oxygen atoms in total. The summed E-state index contributed by atoms with van der Waals surface area (Å²) >= 11 is 0. The summed E-state index contributed by atoms with van der Waals surface area (Å²) in [4.78, 5) is 0. The molecule has 1 aromatic heterocycles. The Labute approximate surface area is 112 Å². The maximum atomic E-state index is 13.1. The summed E-state index contributed by atoms with van der Waals surface area (Å²) < 4.78 is 24.3. The molecule has 1 heterocycles. The Morgan fingerprint density at radius 1 is 1.26 bits per heavy atom. The minimum atomic E-state index is -0.225. The Hall–Kier alpha value is -1.81. The molecule has 4 heteroatoms. The quantitative estimate of drug-likeness (QED) is 0.898. The van der Waals surface area contributed by atoms with Gasteiger partial charge in [0.2, 0.25) is 0 Å². The molecule has 0 aliphatic rings. The molecule has 0 aliphatic carbocycles. The van der Waals surface area contributed by atoms with E-state index in [-0.39, 0.29) is 5.82 Å². The Morgan fingerprint density at radius 2 is 2.05 bits per heavy atom. The van der Waals surface area contributed by atoms with Crippen molar-refractivity contribution in [2.24, 2.45) is 0 Å². The van der Waals surface area contributed by atoms with Crippen LogP contribution in [0.4, 0.5) is 4.39 Å². The maximum absolute atomic E-state index is 13.1. The van der Waals surface area contributed by atoms with E-state index in [0.717, 1.165) is 23.6 Å². The predicted octanol–water partition coefficient (Wildman–Crippen LogP) is 3.33. The molecule has 1 aromatic carbocycles. The fraction of sp³-hybridized carbons (Fsp3) is 0.333. The van der Waals surface area contributed by atoms with Crippen LogP contribution in [0.2, 0.25) is 0 Å². The highest BCUT2D eigenvalue weighted by molar-refractivity contribution is 5.29. The predicted molar refractivity (Wildman–Crippen MR) is 71.7 cm³/mol. The number of hydrogen-bond acceptors (Lipinski definition) is 3. The molecular formula is C15H18FNO2. The van der Waals surface area contributed by atoms with Gasteiger partial charge in [0.15, 0.2) is 0 Å². The van der Waals surface area contributed by atoms with Crippen molar-refractivity contribution in [3.8, 4) is 5.75 Å². The summed E-state index contributed by atoms with van der Waals surface area (Å²) in [5.74, 6) is 2.08. The Balaban J connectivity index is 2.01. The van der Waals surface area contributed by atoms with E-state index in [0.29, 0.717) is 17.9 Å². The van der Waals surface area contributed by atoms with Crippen molar-refractivity contribution in [2.75, 3.05) is 7.05 Å². The molecule has 2 rings (SSSR count). The van der Waals surface area contributed by atoms with E-state index in [9.17, 15) is 4.39 Å². The highest BCUT2D eigenvalue weighted by atomic mass is 19.1. The fourth-order valence-electron chi connectivity index (χ4n) is 1.89. The van der Waals surface area contributed by atoms with Gasteiger partial charge < -0.3 is 14.5 Å². The number of furan rings is 1. The zero-order valence-electron chi connectivity index (χ0n) is 11.4. The van der Waals surface area contributed by atoms with Crippen molar-refractivity contribution in [1.82, 2.24) is 5.32 Å². The zero-order valence-corrected chi connectivity index (χ0v) is 11.4. The van der Waals surface area contributed by atoms with Gasteiger partial charge in [-0.25, -0.2) is 4.39 Å². The number of benzene rings is 1. The molecule has 2 aromatic rings. The van der Waals surface area contributed by atoms with Crippen LogP contribution in [0.5, 0.6) is 5.75 Å². The van der Waals surface area contributed by atoms with E-state index in [4.69, 9.17) is 9.15 Å². The van der Waals surface area contributed by atoms with E-state index in [1.165, 1.54) is 6.07 Å². The molecule has 0 bridgehead atoms. The number of halogens is 1. The van der Waals surface area contributed by atoms with Gasteiger partial charge in [-0.1, -0.05) is 0 Å². The third-order valence-corrected chi connectivity index (χ3v) is 2.95. The number of aryl methyl sites for hydroxylation is 2. The van der Waals surface area contributed by atoms with E-state index in [1.54, 1.807) is 19.1 Å². The Bertz CT molecular complexity index is 563. The largest absolute Gasteiger partial charge is 0.486 e. The second-order valence-electron chi connectivity index (χ2n) is 4.52. The van der Waals surface area contributed by atoms with Gasteiger partial charge in [-0.2, -0.15) is 0 Å². The van der Waals surface area contributed by atoms with Crippen LogP contribution in [0.25, 0.3) is 0 Å². The van der Waals surface area contributed by atoms with Gasteiger partial charge in [0.25, 0.3) is 0 Å².